The highest BCUT2D eigenvalue weighted by molar-refractivity contribution is 7.14. The first-order chi connectivity index (χ1) is 11.0. The molecule has 0 aromatic carbocycles. The zero-order chi connectivity index (χ0) is 16.8. The van der Waals surface area contributed by atoms with E-state index in [4.69, 9.17) is 14.9 Å². The van der Waals surface area contributed by atoms with Crippen LogP contribution in [0.15, 0.2) is 21.9 Å². The summed E-state index contributed by atoms with van der Waals surface area (Å²) in [7, 11) is 1.48. The molecule has 4 N–H and O–H groups in total. The number of rotatable bonds is 7. The van der Waals surface area contributed by atoms with Crippen molar-refractivity contribution in [2.75, 3.05) is 19.0 Å². The fourth-order valence-electron chi connectivity index (χ4n) is 1.72. The normalized spacial score (nSPS) is 11.5. The van der Waals surface area contributed by atoms with Crippen LogP contribution in [0.3, 0.4) is 0 Å². The molecule has 2 amide bonds. The second-order valence-electron chi connectivity index (χ2n) is 4.76. The van der Waals surface area contributed by atoms with Crippen molar-refractivity contribution in [1.82, 2.24) is 10.3 Å². The molecule has 0 radical (unpaired) electrons. The summed E-state index contributed by atoms with van der Waals surface area (Å²) in [5.41, 5.74) is 6.24. The number of nitrogens with one attached hydrogen (secondary N) is 2. The number of nitrogens with two attached hydrogens (primary N) is 1. The molecule has 2 aromatic rings. The first-order valence-electron chi connectivity index (χ1n) is 6.84. The third-order valence-electron chi connectivity index (χ3n) is 2.84. The minimum absolute atomic E-state index is 0. The Balaban J connectivity index is 0.00000288. The molecule has 10 heteroatoms. The topological polar surface area (TPSA) is 119 Å². The van der Waals surface area contributed by atoms with Crippen LogP contribution in [0.1, 0.15) is 12.7 Å². The van der Waals surface area contributed by atoms with Crippen molar-refractivity contribution in [3.63, 3.8) is 0 Å². The Bertz CT molecular complexity index is 688. The zero-order valence-electron chi connectivity index (χ0n) is 13.2. The van der Waals surface area contributed by atoms with Gasteiger partial charge < -0.3 is 25.5 Å². The Hall–Kier alpha value is -1.94. The zero-order valence-corrected chi connectivity index (χ0v) is 14.8. The summed E-state index contributed by atoms with van der Waals surface area (Å²) in [4.78, 5) is 26.9. The first kappa shape index (κ1) is 20.1. The van der Waals surface area contributed by atoms with E-state index in [0.29, 0.717) is 28.9 Å². The number of hydrogen-bond donors (Lipinski definition) is 3. The van der Waals surface area contributed by atoms with Gasteiger partial charge in [-0.3, -0.25) is 9.59 Å². The van der Waals surface area contributed by atoms with Crippen LogP contribution < -0.4 is 16.4 Å². The lowest BCUT2D eigenvalue weighted by Gasteiger charge is -2.08. The highest BCUT2D eigenvalue weighted by atomic mass is 35.5. The van der Waals surface area contributed by atoms with Crippen LogP contribution >= 0.6 is 23.7 Å². The van der Waals surface area contributed by atoms with Gasteiger partial charge in [-0.05, 0) is 12.1 Å². The molecular weight excluding hydrogens is 356 g/mol. The minimum atomic E-state index is -0.750. The second-order valence-corrected chi connectivity index (χ2v) is 5.62. The molecule has 0 aliphatic rings. The molecule has 1 atom stereocenters. The summed E-state index contributed by atoms with van der Waals surface area (Å²) in [6.07, 6.45) is 0. The highest BCUT2D eigenvalue weighted by Gasteiger charge is 2.16. The number of aromatic nitrogens is 1. The van der Waals surface area contributed by atoms with Crippen LogP contribution in [0.25, 0.3) is 11.5 Å². The molecule has 132 valence electrons. The van der Waals surface area contributed by atoms with Crippen LogP contribution in [0.5, 0.6) is 0 Å². The molecule has 0 bridgehead atoms. The number of thiazole rings is 1. The van der Waals surface area contributed by atoms with Crippen LogP contribution in [-0.2, 0) is 20.9 Å². The maximum atomic E-state index is 11.8. The number of amides is 2. The molecule has 0 aliphatic carbocycles. The van der Waals surface area contributed by atoms with Crippen molar-refractivity contribution in [2.24, 2.45) is 5.73 Å². The number of furan rings is 1. The third kappa shape index (κ3) is 5.60. The van der Waals surface area contributed by atoms with E-state index in [2.05, 4.69) is 15.6 Å². The van der Waals surface area contributed by atoms with Crippen molar-refractivity contribution in [3.05, 3.63) is 23.3 Å². The average Bonchev–Trinajstić information content (AvgIpc) is 3.14. The fraction of sp³-hybridized carbons (Fsp3) is 0.357. The summed E-state index contributed by atoms with van der Waals surface area (Å²) in [5.74, 6) is 0.687. The van der Waals surface area contributed by atoms with Gasteiger partial charge in [0.25, 0.3) is 0 Å². The number of carbonyl (C=O) groups excluding carboxylic acids is 2. The van der Waals surface area contributed by atoms with Crippen LogP contribution in [-0.4, -0.2) is 36.6 Å². The number of halogens is 1. The number of ether oxygens (including phenoxy) is 1. The van der Waals surface area contributed by atoms with E-state index in [9.17, 15) is 9.59 Å². The van der Waals surface area contributed by atoms with Gasteiger partial charge in [-0.1, -0.05) is 0 Å². The quantitative estimate of drug-likeness (QED) is 0.673. The van der Waals surface area contributed by atoms with Crippen LogP contribution in [0.2, 0.25) is 0 Å². The van der Waals surface area contributed by atoms with E-state index >= 15 is 0 Å². The summed E-state index contributed by atoms with van der Waals surface area (Å²) < 4.78 is 10.4. The molecule has 1 unspecified atom stereocenters. The number of anilines is 1. The van der Waals surface area contributed by atoms with Crippen molar-refractivity contribution < 1.29 is 18.7 Å². The van der Waals surface area contributed by atoms with Gasteiger partial charge in [0.1, 0.15) is 17.5 Å². The monoisotopic (exact) mass is 374 g/mol. The molecule has 2 rings (SSSR count). The molecule has 0 saturated carbocycles. The lowest BCUT2D eigenvalue weighted by molar-refractivity contribution is -0.119. The van der Waals surface area contributed by atoms with Crippen molar-refractivity contribution >= 4 is 40.7 Å². The van der Waals surface area contributed by atoms with Crippen LogP contribution in [0.4, 0.5) is 5.13 Å². The van der Waals surface area contributed by atoms with Crippen molar-refractivity contribution in [1.29, 1.82) is 0 Å². The maximum absolute atomic E-state index is 11.8. The standard InChI is InChI=1S/C14H18N4O4S.ClH/c1-8(19)16-5-9-3-4-12(22-9)11-7-23-14(17-11)18-13(20)10(15)6-21-2;/h3-4,7,10H,5-6,15H2,1-2H3,(H,16,19)(H,17,18,20);1H. The SMILES string of the molecule is COCC(N)C(=O)Nc1nc(-c2ccc(CNC(C)=O)o2)cs1.Cl. The molecule has 8 nitrogen and oxygen atoms in total. The van der Waals surface area contributed by atoms with Gasteiger partial charge in [-0.15, -0.1) is 23.7 Å². The van der Waals surface area contributed by atoms with E-state index in [-0.39, 0.29) is 30.8 Å². The van der Waals surface area contributed by atoms with Crippen molar-refractivity contribution in [2.45, 2.75) is 19.5 Å². The summed E-state index contributed by atoms with van der Waals surface area (Å²) in [6, 6.07) is 2.77. The Morgan fingerprint density at radius 3 is 2.88 bits per heavy atom. The number of carbonyl (C=O) groups is 2. The lowest BCUT2D eigenvalue weighted by atomic mass is 10.3. The van der Waals surface area contributed by atoms with Gasteiger partial charge in [0.2, 0.25) is 11.8 Å². The van der Waals surface area contributed by atoms with E-state index < -0.39 is 6.04 Å². The predicted octanol–water partition coefficient (Wildman–Crippen LogP) is 1.37. The van der Waals surface area contributed by atoms with Gasteiger partial charge in [0.05, 0.1) is 13.2 Å². The molecule has 0 saturated heterocycles. The Kier molecular flexibility index (Phi) is 7.86. The van der Waals surface area contributed by atoms with E-state index in [1.165, 1.54) is 25.4 Å². The van der Waals surface area contributed by atoms with E-state index in [1.54, 1.807) is 17.5 Å². The fourth-order valence-corrected chi connectivity index (χ4v) is 2.42. The first-order valence-corrected chi connectivity index (χ1v) is 7.72. The smallest absolute Gasteiger partial charge is 0.245 e. The molecule has 24 heavy (non-hydrogen) atoms. The maximum Gasteiger partial charge on any atom is 0.245 e. The van der Waals surface area contributed by atoms with Gasteiger partial charge in [0.15, 0.2) is 10.9 Å². The number of methoxy groups -OCH3 is 1. The Morgan fingerprint density at radius 1 is 1.46 bits per heavy atom. The Labute approximate surface area is 149 Å². The molecule has 2 aromatic heterocycles. The molecular formula is C14H19ClN4O4S. The molecule has 0 fully saturated rings. The summed E-state index contributed by atoms with van der Waals surface area (Å²) in [5, 5.41) is 7.47. The highest BCUT2D eigenvalue weighted by Crippen LogP contribution is 2.26. The van der Waals surface area contributed by atoms with Crippen LogP contribution in [0, 0.1) is 0 Å². The van der Waals surface area contributed by atoms with E-state index in [1.807, 2.05) is 0 Å². The lowest BCUT2D eigenvalue weighted by Crippen LogP contribution is -2.39. The van der Waals surface area contributed by atoms with Gasteiger partial charge >= 0.3 is 0 Å². The number of nitrogens with zero attached hydrogens (tertiary/aromatic N) is 1. The second kappa shape index (κ2) is 9.38. The minimum Gasteiger partial charge on any atom is -0.458 e. The van der Waals surface area contributed by atoms with Gasteiger partial charge in [0, 0.05) is 19.4 Å². The van der Waals surface area contributed by atoms with Crippen molar-refractivity contribution in [3.8, 4) is 11.5 Å². The average molecular weight is 375 g/mol. The van der Waals surface area contributed by atoms with Gasteiger partial charge in [-0.2, -0.15) is 0 Å². The molecule has 0 spiro atoms. The predicted molar refractivity (Wildman–Crippen MR) is 93.1 cm³/mol. The summed E-state index contributed by atoms with van der Waals surface area (Å²) >= 11 is 1.27. The summed E-state index contributed by atoms with van der Waals surface area (Å²) in [6.45, 7) is 1.89. The van der Waals surface area contributed by atoms with Gasteiger partial charge in [-0.25, -0.2) is 4.98 Å². The largest absolute Gasteiger partial charge is 0.458 e. The Morgan fingerprint density at radius 2 is 2.21 bits per heavy atom. The third-order valence-corrected chi connectivity index (χ3v) is 3.60. The molecule has 2 heterocycles. The number of hydrogen-bond acceptors (Lipinski definition) is 7. The molecule has 0 aliphatic heterocycles. The van der Waals surface area contributed by atoms with E-state index in [0.717, 1.165) is 0 Å².